The SMILES string of the molecule is CCCCC(=O)NC1CNCC(C)C1. The van der Waals surface area contributed by atoms with Gasteiger partial charge in [0.1, 0.15) is 0 Å². The Labute approximate surface area is 86.6 Å². The molecule has 3 nitrogen and oxygen atoms in total. The van der Waals surface area contributed by atoms with E-state index < -0.39 is 0 Å². The standard InChI is InChI=1S/C11H22N2O/c1-3-4-5-11(14)13-10-6-9(2)7-12-8-10/h9-10,12H,3-8H2,1-2H3,(H,13,14). The lowest BCUT2D eigenvalue weighted by Gasteiger charge is -2.28. The summed E-state index contributed by atoms with van der Waals surface area (Å²) in [5, 5.41) is 6.41. The molecule has 2 unspecified atom stereocenters. The molecule has 2 N–H and O–H groups in total. The van der Waals surface area contributed by atoms with Gasteiger partial charge in [-0.15, -0.1) is 0 Å². The maximum absolute atomic E-state index is 11.4. The summed E-state index contributed by atoms with van der Waals surface area (Å²) in [4.78, 5) is 11.4. The third-order valence-electron chi connectivity index (χ3n) is 2.69. The Hall–Kier alpha value is -0.570. The van der Waals surface area contributed by atoms with Crippen molar-refractivity contribution >= 4 is 5.91 Å². The summed E-state index contributed by atoms with van der Waals surface area (Å²) in [7, 11) is 0. The van der Waals surface area contributed by atoms with Crippen molar-refractivity contribution in [2.75, 3.05) is 13.1 Å². The quantitative estimate of drug-likeness (QED) is 0.714. The van der Waals surface area contributed by atoms with E-state index in [9.17, 15) is 4.79 Å². The Morgan fingerprint density at radius 1 is 1.50 bits per heavy atom. The Balaban J connectivity index is 2.18. The van der Waals surface area contributed by atoms with Crippen LogP contribution in [0.3, 0.4) is 0 Å². The third kappa shape index (κ3) is 4.09. The van der Waals surface area contributed by atoms with Crippen LogP contribution in [-0.2, 0) is 4.79 Å². The van der Waals surface area contributed by atoms with Gasteiger partial charge >= 0.3 is 0 Å². The fraction of sp³-hybridized carbons (Fsp3) is 0.909. The van der Waals surface area contributed by atoms with Gasteiger partial charge < -0.3 is 10.6 Å². The summed E-state index contributed by atoms with van der Waals surface area (Å²) in [6.45, 7) is 6.35. The maximum Gasteiger partial charge on any atom is 0.220 e. The van der Waals surface area contributed by atoms with Crippen LogP contribution in [0.15, 0.2) is 0 Å². The lowest BCUT2D eigenvalue weighted by atomic mass is 9.97. The number of carbonyl (C=O) groups excluding carboxylic acids is 1. The van der Waals surface area contributed by atoms with Gasteiger partial charge in [-0.2, -0.15) is 0 Å². The number of rotatable bonds is 4. The monoisotopic (exact) mass is 198 g/mol. The predicted octanol–water partition coefficient (Wildman–Crippen LogP) is 1.29. The number of piperidine rings is 1. The molecule has 0 radical (unpaired) electrons. The van der Waals surface area contributed by atoms with Gasteiger partial charge in [0, 0.05) is 19.0 Å². The molecule has 2 atom stereocenters. The predicted molar refractivity (Wildman–Crippen MR) is 58.1 cm³/mol. The molecule has 1 aliphatic heterocycles. The van der Waals surface area contributed by atoms with Gasteiger partial charge in [-0.1, -0.05) is 20.3 Å². The second-order valence-electron chi connectivity index (χ2n) is 4.37. The summed E-state index contributed by atoms with van der Waals surface area (Å²) in [5.41, 5.74) is 0. The molecule has 0 spiro atoms. The molecule has 14 heavy (non-hydrogen) atoms. The van der Waals surface area contributed by atoms with Crippen LogP contribution in [0.1, 0.15) is 39.5 Å². The van der Waals surface area contributed by atoms with Crippen molar-refractivity contribution in [1.82, 2.24) is 10.6 Å². The highest BCUT2D eigenvalue weighted by Crippen LogP contribution is 2.09. The second kappa shape index (κ2) is 6.02. The smallest absolute Gasteiger partial charge is 0.220 e. The van der Waals surface area contributed by atoms with Gasteiger partial charge in [-0.3, -0.25) is 4.79 Å². The van der Waals surface area contributed by atoms with E-state index in [-0.39, 0.29) is 5.91 Å². The van der Waals surface area contributed by atoms with Crippen LogP contribution < -0.4 is 10.6 Å². The first-order valence-electron chi connectivity index (χ1n) is 5.72. The van der Waals surface area contributed by atoms with Crippen molar-refractivity contribution in [1.29, 1.82) is 0 Å². The molecule has 1 fully saturated rings. The molecule has 0 aliphatic carbocycles. The summed E-state index contributed by atoms with van der Waals surface area (Å²) in [6.07, 6.45) is 3.89. The zero-order valence-electron chi connectivity index (χ0n) is 9.31. The largest absolute Gasteiger partial charge is 0.352 e. The van der Waals surface area contributed by atoms with Crippen LogP contribution in [0.25, 0.3) is 0 Å². The molecule has 1 amide bonds. The topological polar surface area (TPSA) is 41.1 Å². The normalized spacial score (nSPS) is 27.3. The minimum absolute atomic E-state index is 0.216. The first kappa shape index (κ1) is 11.5. The second-order valence-corrected chi connectivity index (χ2v) is 4.37. The molecular weight excluding hydrogens is 176 g/mol. The molecule has 0 aromatic rings. The van der Waals surface area contributed by atoms with E-state index >= 15 is 0 Å². The Bertz CT molecular complexity index is 182. The van der Waals surface area contributed by atoms with E-state index in [2.05, 4.69) is 24.5 Å². The molecule has 1 saturated heterocycles. The van der Waals surface area contributed by atoms with E-state index in [1.165, 1.54) is 0 Å². The van der Waals surface area contributed by atoms with Gasteiger partial charge in [0.05, 0.1) is 0 Å². The fourth-order valence-electron chi connectivity index (χ4n) is 1.90. The van der Waals surface area contributed by atoms with Gasteiger partial charge in [0.25, 0.3) is 0 Å². The van der Waals surface area contributed by atoms with Crippen molar-refractivity contribution in [3.05, 3.63) is 0 Å². The summed E-state index contributed by atoms with van der Waals surface area (Å²) < 4.78 is 0. The molecule has 0 aromatic heterocycles. The van der Waals surface area contributed by atoms with Gasteiger partial charge in [0.15, 0.2) is 0 Å². The highest BCUT2D eigenvalue weighted by Gasteiger charge is 2.19. The van der Waals surface area contributed by atoms with Gasteiger partial charge in [-0.25, -0.2) is 0 Å². The van der Waals surface area contributed by atoms with Crippen LogP contribution in [-0.4, -0.2) is 25.0 Å². The Morgan fingerprint density at radius 3 is 2.93 bits per heavy atom. The Kier molecular flexibility index (Phi) is 4.94. The van der Waals surface area contributed by atoms with Crippen LogP contribution in [0.5, 0.6) is 0 Å². The molecular formula is C11H22N2O. The first-order valence-corrected chi connectivity index (χ1v) is 5.72. The highest BCUT2D eigenvalue weighted by molar-refractivity contribution is 5.76. The van der Waals surface area contributed by atoms with Crippen molar-refractivity contribution in [2.45, 2.75) is 45.6 Å². The van der Waals surface area contributed by atoms with Crippen molar-refractivity contribution in [3.63, 3.8) is 0 Å². The molecule has 0 aromatic carbocycles. The van der Waals surface area contributed by atoms with E-state index in [0.29, 0.717) is 18.4 Å². The van der Waals surface area contributed by atoms with E-state index in [1.54, 1.807) is 0 Å². The van der Waals surface area contributed by atoms with E-state index in [1.807, 2.05) is 0 Å². The number of unbranched alkanes of at least 4 members (excludes halogenated alkanes) is 1. The molecule has 3 heteroatoms. The molecule has 82 valence electrons. The molecule has 1 aliphatic rings. The van der Waals surface area contributed by atoms with Crippen LogP contribution in [0.2, 0.25) is 0 Å². The number of amides is 1. The van der Waals surface area contributed by atoms with Crippen LogP contribution in [0.4, 0.5) is 0 Å². The zero-order valence-corrected chi connectivity index (χ0v) is 9.31. The summed E-state index contributed by atoms with van der Waals surface area (Å²) in [6, 6.07) is 0.350. The minimum atomic E-state index is 0.216. The van der Waals surface area contributed by atoms with Crippen molar-refractivity contribution in [3.8, 4) is 0 Å². The average Bonchev–Trinajstić information content (AvgIpc) is 2.15. The van der Waals surface area contributed by atoms with Crippen LogP contribution >= 0.6 is 0 Å². The van der Waals surface area contributed by atoms with Gasteiger partial charge in [-0.05, 0) is 25.3 Å². The summed E-state index contributed by atoms with van der Waals surface area (Å²) in [5.74, 6) is 0.896. The van der Waals surface area contributed by atoms with Crippen molar-refractivity contribution < 1.29 is 4.79 Å². The third-order valence-corrected chi connectivity index (χ3v) is 2.69. The van der Waals surface area contributed by atoms with Crippen LogP contribution in [0, 0.1) is 5.92 Å². The lowest BCUT2D eigenvalue weighted by molar-refractivity contribution is -0.122. The first-order chi connectivity index (χ1) is 6.72. The molecule has 0 saturated carbocycles. The average molecular weight is 198 g/mol. The fourth-order valence-corrected chi connectivity index (χ4v) is 1.90. The molecule has 0 bridgehead atoms. The van der Waals surface area contributed by atoms with Crippen molar-refractivity contribution in [2.24, 2.45) is 5.92 Å². The number of hydrogen-bond donors (Lipinski definition) is 2. The number of nitrogens with one attached hydrogen (secondary N) is 2. The number of hydrogen-bond acceptors (Lipinski definition) is 2. The Morgan fingerprint density at radius 2 is 2.29 bits per heavy atom. The molecule has 1 rings (SSSR count). The van der Waals surface area contributed by atoms with E-state index in [0.717, 1.165) is 32.4 Å². The highest BCUT2D eigenvalue weighted by atomic mass is 16.1. The molecule has 1 heterocycles. The summed E-state index contributed by atoms with van der Waals surface area (Å²) >= 11 is 0. The maximum atomic E-state index is 11.4. The minimum Gasteiger partial charge on any atom is -0.352 e. The number of carbonyl (C=O) groups is 1. The van der Waals surface area contributed by atoms with Gasteiger partial charge in [0.2, 0.25) is 5.91 Å². The lowest BCUT2D eigenvalue weighted by Crippen LogP contribution is -2.48. The van der Waals surface area contributed by atoms with E-state index in [4.69, 9.17) is 0 Å². The zero-order chi connectivity index (χ0) is 10.4.